The number of hydrogen-bond acceptors (Lipinski definition) is 3. The molecule has 19 heavy (non-hydrogen) atoms. The quantitative estimate of drug-likeness (QED) is 0.893. The van der Waals surface area contributed by atoms with Gasteiger partial charge in [0, 0.05) is 23.2 Å². The molecule has 0 bridgehead atoms. The Morgan fingerprint density at radius 1 is 1.42 bits per heavy atom. The molecule has 1 fully saturated rings. The highest BCUT2D eigenvalue weighted by Crippen LogP contribution is 2.20. The molecular formula is C14H20BrN3O. The van der Waals surface area contributed by atoms with Gasteiger partial charge in [0.1, 0.15) is 0 Å². The Labute approximate surface area is 122 Å². The Morgan fingerprint density at radius 3 is 3.05 bits per heavy atom. The van der Waals surface area contributed by atoms with Crippen molar-refractivity contribution in [3.8, 4) is 0 Å². The van der Waals surface area contributed by atoms with E-state index >= 15 is 0 Å². The van der Waals surface area contributed by atoms with Crippen LogP contribution in [0.25, 0.3) is 0 Å². The van der Waals surface area contributed by atoms with Crippen LogP contribution in [0.15, 0.2) is 22.7 Å². The third-order valence-electron chi connectivity index (χ3n) is 3.26. The molecule has 0 spiro atoms. The van der Waals surface area contributed by atoms with Gasteiger partial charge >= 0.3 is 0 Å². The number of aryl methyl sites for hydroxylation is 1. The average molecular weight is 326 g/mol. The molecule has 1 heterocycles. The van der Waals surface area contributed by atoms with E-state index in [2.05, 4.69) is 31.5 Å². The number of anilines is 1. The van der Waals surface area contributed by atoms with E-state index in [1.807, 2.05) is 25.1 Å². The third-order valence-corrected chi connectivity index (χ3v) is 4.11. The van der Waals surface area contributed by atoms with Gasteiger partial charge in [0.25, 0.3) is 0 Å². The zero-order chi connectivity index (χ0) is 13.7. The second-order valence-corrected chi connectivity index (χ2v) is 5.75. The monoisotopic (exact) mass is 325 g/mol. The van der Waals surface area contributed by atoms with Crippen LogP contribution in [0.1, 0.15) is 12.0 Å². The van der Waals surface area contributed by atoms with Crippen molar-refractivity contribution >= 4 is 27.5 Å². The summed E-state index contributed by atoms with van der Waals surface area (Å²) < 4.78 is 1.02. The summed E-state index contributed by atoms with van der Waals surface area (Å²) in [6.45, 7) is 6.42. The number of halogens is 1. The molecule has 2 rings (SSSR count). The Kier molecular flexibility index (Phi) is 5.36. The molecule has 0 atom stereocenters. The second kappa shape index (κ2) is 7.03. The number of rotatable bonds is 3. The van der Waals surface area contributed by atoms with Crippen LogP contribution in [0, 0.1) is 6.92 Å². The predicted molar refractivity (Wildman–Crippen MR) is 81.4 cm³/mol. The first-order valence-electron chi connectivity index (χ1n) is 6.64. The van der Waals surface area contributed by atoms with Gasteiger partial charge < -0.3 is 10.6 Å². The molecule has 0 saturated carbocycles. The maximum absolute atomic E-state index is 12.0. The Morgan fingerprint density at radius 2 is 2.26 bits per heavy atom. The van der Waals surface area contributed by atoms with E-state index < -0.39 is 0 Å². The third kappa shape index (κ3) is 4.60. The molecule has 0 aliphatic carbocycles. The summed E-state index contributed by atoms with van der Waals surface area (Å²) >= 11 is 3.47. The molecule has 1 saturated heterocycles. The van der Waals surface area contributed by atoms with Crippen molar-refractivity contribution in [2.45, 2.75) is 13.3 Å². The molecule has 1 aliphatic heterocycles. The van der Waals surface area contributed by atoms with E-state index in [1.165, 1.54) is 0 Å². The van der Waals surface area contributed by atoms with E-state index in [0.29, 0.717) is 6.54 Å². The van der Waals surface area contributed by atoms with Crippen LogP contribution in [0.4, 0.5) is 5.69 Å². The lowest BCUT2D eigenvalue weighted by Crippen LogP contribution is -2.35. The zero-order valence-corrected chi connectivity index (χ0v) is 12.8. The van der Waals surface area contributed by atoms with Crippen molar-refractivity contribution in [1.29, 1.82) is 0 Å². The molecule has 1 aromatic rings. The minimum absolute atomic E-state index is 0.0534. The molecule has 0 aromatic heterocycles. The van der Waals surface area contributed by atoms with Crippen molar-refractivity contribution in [2.24, 2.45) is 0 Å². The first-order valence-corrected chi connectivity index (χ1v) is 7.43. The van der Waals surface area contributed by atoms with Crippen LogP contribution in [0.5, 0.6) is 0 Å². The average Bonchev–Trinajstić information content (AvgIpc) is 2.62. The van der Waals surface area contributed by atoms with Gasteiger partial charge in [-0.2, -0.15) is 0 Å². The highest BCUT2D eigenvalue weighted by molar-refractivity contribution is 9.10. The molecule has 2 N–H and O–H groups in total. The summed E-state index contributed by atoms with van der Waals surface area (Å²) in [4.78, 5) is 14.2. The summed E-state index contributed by atoms with van der Waals surface area (Å²) in [5.74, 6) is 0.0534. The lowest BCUT2D eigenvalue weighted by Gasteiger charge is -2.18. The van der Waals surface area contributed by atoms with Crippen molar-refractivity contribution in [2.75, 3.05) is 38.0 Å². The molecule has 0 unspecified atom stereocenters. The van der Waals surface area contributed by atoms with Gasteiger partial charge in [0.2, 0.25) is 5.91 Å². The van der Waals surface area contributed by atoms with Gasteiger partial charge in [-0.1, -0.05) is 22.0 Å². The smallest absolute Gasteiger partial charge is 0.238 e. The molecule has 1 amide bonds. The first-order chi connectivity index (χ1) is 9.15. The summed E-state index contributed by atoms with van der Waals surface area (Å²) in [6.07, 6.45) is 1.10. The van der Waals surface area contributed by atoms with E-state index in [4.69, 9.17) is 0 Å². The van der Waals surface area contributed by atoms with Crippen LogP contribution < -0.4 is 10.6 Å². The number of nitrogens with zero attached hydrogens (tertiary/aromatic N) is 1. The SMILES string of the molecule is Cc1ccc(NC(=O)CN2CCCNCC2)cc1Br. The van der Waals surface area contributed by atoms with Crippen molar-refractivity contribution in [3.05, 3.63) is 28.2 Å². The van der Waals surface area contributed by atoms with Crippen molar-refractivity contribution in [3.63, 3.8) is 0 Å². The van der Waals surface area contributed by atoms with E-state index in [1.54, 1.807) is 0 Å². The summed E-state index contributed by atoms with van der Waals surface area (Å²) in [6, 6.07) is 5.87. The normalized spacial score (nSPS) is 16.9. The van der Waals surface area contributed by atoms with Crippen molar-refractivity contribution in [1.82, 2.24) is 10.2 Å². The largest absolute Gasteiger partial charge is 0.325 e. The van der Waals surface area contributed by atoms with Gasteiger partial charge in [-0.05, 0) is 44.1 Å². The molecule has 4 nitrogen and oxygen atoms in total. The minimum atomic E-state index is 0.0534. The lowest BCUT2D eigenvalue weighted by atomic mass is 10.2. The zero-order valence-electron chi connectivity index (χ0n) is 11.2. The molecule has 104 valence electrons. The Hall–Kier alpha value is -0.910. The number of benzene rings is 1. The fourth-order valence-electron chi connectivity index (χ4n) is 2.13. The molecule has 0 radical (unpaired) electrons. The Balaban J connectivity index is 1.87. The molecule has 5 heteroatoms. The first kappa shape index (κ1) is 14.5. The number of hydrogen-bond donors (Lipinski definition) is 2. The molecular weight excluding hydrogens is 306 g/mol. The number of nitrogens with one attached hydrogen (secondary N) is 2. The topological polar surface area (TPSA) is 44.4 Å². The van der Waals surface area contributed by atoms with E-state index in [9.17, 15) is 4.79 Å². The van der Waals surface area contributed by atoms with Crippen molar-refractivity contribution < 1.29 is 4.79 Å². The Bertz CT molecular complexity index is 442. The number of amides is 1. The highest BCUT2D eigenvalue weighted by Gasteiger charge is 2.12. The number of carbonyl (C=O) groups is 1. The fraction of sp³-hybridized carbons (Fsp3) is 0.500. The fourth-order valence-corrected chi connectivity index (χ4v) is 2.51. The van der Waals surface area contributed by atoms with Crippen LogP contribution in [-0.4, -0.2) is 43.5 Å². The van der Waals surface area contributed by atoms with Gasteiger partial charge in [-0.15, -0.1) is 0 Å². The van der Waals surface area contributed by atoms with Crippen LogP contribution in [0.2, 0.25) is 0 Å². The van der Waals surface area contributed by atoms with E-state index in [0.717, 1.165) is 48.3 Å². The highest BCUT2D eigenvalue weighted by atomic mass is 79.9. The molecule has 1 aromatic carbocycles. The lowest BCUT2D eigenvalue weighted by molar-refractivity contribution is -0.117. The van der Waals surface area contributed by atoms with E-state index in [-0.39, 0.29) is 5.91 Å². The van der Waals surface area contributed by atoms with Gasteiger partial charge in [0.05, 0.1) is 6.54 Å². The van der Waals surface area contributed by atoms with Crippen LogP contribution >= 0.6 is 15.9 Å². The minimum Gasteiger partial charge on any atom is -0.325 e. The predicted octanol–water partition coefficient (Wildman–Crippen LogP) is 1.99. The van der Waals surface area contributed by atoms with Crippen LogP contribution in [-0.2, 0) is 4.79 Å². The standard InChI is InChI=1S/C14H20BrN3O/c1-11-3-4-12(9-13(11)15)17-14(19)10-18-7-2-5-16-6-8-18/h3-4,9,16H,2,5-8,10H2,1H3,(H,17,19). The number of carbonyl (C=O) groups excluding carboxylic acids is 1. The maximum atomic E-state index is 12.0. The van der Waals surface area contributed by atoms with Gasteiger partial charge in [-0.25, -0.2) is 0 Å². The maximum Gasteiger partial charge on any atom is 0.238 e. The van der Waals surface area contributed by atoms with Gasteiger partial charge in [-0.3, -0.25) is 9.69 Å². The van der Waals surface area contributed by atoms with Gasteiger partial charge in [0.15, 0.2) is 0 Å². The summed E-state index contributed by atoms with van der Waals surface area (Å²) in [7, 11) is 0. The molecule has 1 aliphatic rings. The summed E-state index contributed by atoms with van der Waals surface area (Å²) in [5.41, 5.74) is 2.01. The van der Waals surface area contributed by atoms with Crippen LogP contribution in [0.3, 0.4) is 0 Å². The summed E-state index contributed by atoms with van der Waals surface area (Å²) in [5, 5.41) is 6.28. The second-order valence-electron chi connectivity index (χ2n) is 4.89.